The van der Waals surface area contributed by atoms with E-state index in [-0.39, 0.29) is 11.9 Å². The molecule has 124 valence electrons. The van der Waals surface area contributed by atoms with Crippen LogP contribution in [-0.2, 0) is 11.2 Å². The zero-order valence-electron chi connectivity index (χ0n) is 12.7. The summed E-state index contributed by atoms with van der Waals surface area (Å²) in [7, 11) is 1.62. The normalized spacial score (nSPS) is 17.8. The number of carbonyl (C=O) groups excluding carboxylic acids is 2. The van der Waals surface area contributed by atoms with Crippen molar-refractivity contribution < 1.29 is 9.59 Å². The monoisotopic (exact) mass is 426 g/mol. The molecule has 2 aromatic rings. The van der Waals surface area contributed by atoms with Crippen LogP contribution in [0, 0.1) is 0 Å². The van der Waals surface area contributed by atoms with Crippen molar-refractivity contribution in [1.29, 1.82) is 0 Å². The molecular formula is C17H13BrCl2N2O2. The molecule has 1 heterocycles. The van der Waals surface area contributed by atoms with Crippen LogP contribution < -0.4 is 4.90 Å². The van der Waals surface area contributed by atoms with Crippen LogP contribution in [0.25, 0.3) is 0 Å². The second-order valence-corrected chi connectivity index (χ2v) is 7.33. The van der Waals surface area contributed by atoms with Gasteiger partial charge in [0, 0.05) is 28.0 Å². The molecule has 0 spiro atoms. The van der Waals surface area contributed by atoms with E-state index in [1.807, 2.05) is 24.3 Å². The minimum Gasteiger partial charge on any atom is -0.315 e. The van der Waals surface area contributed by atoms with Crippen molar-refractivity contribution in [1.82, 2.24) is 4.90 Å². The standard InChI is InChI=1S/C17H13BrCl2N2O2/c1-21-15(6-10-2-4-11(18)5-3-10)16(23)22(17(21)24)14-8-12(19)7-13(20)9-14/h2-5,7-9,15H,6H2,1H3. The van der Waals surface area contributed by atoms with Gasteiger partial charge >= 0.3 is 6.03 Å². The van der Waals surface area contributed by atoms with Crippen molar-refractivity contribution in [3.63, 3.8) is 0 Å². The summed E-state index contributed by atoms with van der Waals surface area (Å²) < 4.78 is 0.962. The maximum atomic E-state index is 12.8. The molecule has 2 aromatic carbocycles. The number of urea groups is 1. The average molecular weight is 428 g/mol. The van der Waals surface area contributed by atoms with Crippen LogP contribution in [0.5, 0.6) is 0 Å². The van der Waals surface area contributed by atoms with Gasteiger partial charge in [0.15, 0.2) is 0 Å². The lowest BCUT2D eigenvalue weighted by Gasteiger charge is -2.16. The number of imide groups is 1. The third kappa shape index (κ3) is 3.29. The van der Waals surface area contributed by atoms with E-state index in [2.05, 4.69) is 15.9 Å². The zero-order valence-corrected chi connectivity index (χ0v) is 15.8. The van der Waals surface area contributed by atoms with Gasteiger partial charge < -0.3 is 4.90 Å². The fourth-order valence-electron chi connectivity index (χ4n) is 2.67. The first kappa shape index (κ1) is 17.3. The minimum absolute atomic E-state index is 0.288. The van der Waals surface area contributed by atoms with E-state index in [1.165, 1.54) is 4.90 Å². The summed E-state index contributed by atoms with van der Waals surface area (Å²) >= 11 is 15.4. The number of halogens is 3. The van der Waals surface area contributed by atoms with Gasteiger partial charge in [-0.3, -0.25) is 4.79 Å². The van der Waals surface area contributed by atoms with Gasteiger partial charge in [0.05, 0.1) is 5.69 Å². The predicted octanol–water partition coefficient (Wildman–Crippen LogP) is 4.77. The van der Waals surface area contributed by atoms with Crippen LogP contribution in [-0.4, -0.2) is 29.9 Å². The van der Waals surface area contributed by atoms with Gasteiger partial charge in [0.1, 0.15) is 6.04 Å². The highest BCUT2D eigenvalue weighted by Gasteiger charge is 2.43. The van der Waals surface area contributed by atoms with E-state index >= 15 is 0 Å². The van der Waals surface area contributed by atoms with Crippen LogP contribution in [0.3, 0.4) is 0 Å². The van der Waals surface area contributed by atoms with Gasteiger partial charge in [-0.25, -0.2) is 9.69 Å². The van der Waals surface area contributed by atoms with Crippen molar-refractivity contribution in [2.24, 2.45) is 0 Å². The Morgan fingerprint density at radius 1 is 1.04 bits per heavy atom. The smallest absolute Gasteiger partial charge is 0.315 e. The number of amides is 3. The van der Waals surface area contributed by atoms with Crippen molar-refractivity contribution >= 4 is 56.8 Å². The van der Waals surface area contributed by atoms with Crippen molar-refractivity contribution in [3.8, 4) is 0 Å². The van der Waals surface area contributed by atoms with Crippen LogP contribution >= 0.6 is 39.1 Å². The van der Waals surface area contributed by atoms with Crippen LogP contribution in [0.15, 0.2) is 46.9 Å². The maximum Gasteiger partial charge on any atom is 0.331 e. The molecule has 0 aliphatic carbocycles. The molecule has 1 atom stereocenters. The van der Waals surface area contributed by atoms with Crippen LogP contribution in [0.2, 0.25) is 10.0 Å². The first-order chi connectivity index (χ1) is 11.4. The molecule has 1 fully saturated rings. The summed E-state index contributed by atoms with van der Waals surface area (Å²) in [5, 5.41) is 0.745. The highest BCUT2D eigenvalue weighted by atomic mass is 79.9. The lowest BCUT2D eigenvalue weighted by molar-refractivity contribution is -0.119. The molecule has 7 heteroatoms. The second kappa shape index (κ2) is 6.75. The van der Waals surface area contributed by atoms with E-state index in [9.17, 15) is 9.59 Å². The Morgan fingerprint density at radius 2 is 1.62 bits per heavy atom. The Hall–Kier alpha value is -1.56. The number of hydrogen-bond donors (Lipinski definition) is 0. The Labute approximate surface area is 158 Å². The predicted molar refractivity (Wildman–Crippen MR) is 98.7 cm³/mol. The molecule has 1 saturated heterocycles. The Balaban J connectivity index is 1.90. The van der Waals surface area contributed by atoms with Gasteiger partial charge in [-0.15, -0.1) is 0 Å². The Bertz CT molecular complexity index is 790. The Kier molecular flexibility index (Phi) is 4.85. The van der Waals surface area contributed by atoms with E-state index in [0.717, 1.165) is 14.9 Å². The summed E-state index contributed by atoms with van der Waals surface area (Å²) in [6.45, 7) is 0. The van der Waals surface area contributed by atoms with Gasteiger partial charge in [-0.1, -0.05) is 51.3 Å². The molecule has 3 amide bonds. The zero-order chi connectivity index (χ0) is 17.4. The first-order valence-electron chi connectivity index (χ1n) is 7.18. The quantitative estimate of drug-likeness (QED) is 0.662. The number of rotatable bonds is 3. The minimum atomic E-state index is -0.559. The molecule has 24 heavy (non-hydrogen) atoms. The molecule has 0 aromatic heterocycles. The average Bonchev–Trinajstić information content (AvgIpc) is 2.72. The van der Waals surface area contributed by atoms with E-state index in [1.54, 1.807) is 25.2 Å². The summed E-state index contributed by atoms with van der Waals surface area (Å²) in [4.78, 5) is 27.9. The summed E-state index contributed by atoms with van der Waals surface area (Å²) in [6, 6.07) is 11.4. The molecule has 3 rings (SSSR count). The number of likely N-dealkylation sites (N-methyl/N-ethyl adjacent to an activating group) is 1. The number of benzene rings is 2. The summed E-state index contributed by atoms with van der Waals surface area (Å²) in [6.07, 6.45) is 0.444. The molecule has 1 aliphatic heterocycles. The topological polar surface area (TPSA) is 40.6 Å². The lowest BCUT2D eigenvalue weighted by Crippen LogP contribution is -2.33. The third-order valence-electron chi connectivity index (χ3n) is 3.91. The van der Waals surface area contributed by atoms with Gasteiger partial charge in [-0.05, 0) is 35.9 Å². The SMILES string of the molecule is CN1C(=O)N(c2cc(Cl)cc(Cl)c2)C(=O)C1Cc1ccc(Br)cc1. The second-order valence-electron chi connectivity index (χ2n) is 5.54. The molecular weight excluding hydrogens is 415 g/mol. The van der Waals surface area contributed by atoms with Gasteiger partial charge in [0.25, 0.3) is 5.91 Å². The van der Waals surface area contributed by atoms with Gasteiger partial charge in [-0.2, -0.15) is 0 Å². The van der Waals surface area contributed by atoms with E-state index < -0.39 is 6.04 Å². The molecule has 4 nitrogen and oxygen atoms in total. The lowest BCUT2D eigenvalue weighted by atomic mass is 10.1. The summed E-state index contributed by atoms with van der Waals surface area (Å²) in [5.74, 6) is -0.288. The number of carbonyl (C=O) groups is 2. The fourth-order valence-corrected chi connectivity index (χ4v) is 3.45. The van der Waals surface area contributed by atoms with Crippen molar-refractivity contribution in [2.45, 2.75) is 12.5 Å². The van der Waals surface area contributed by atoms with Crippen LogP contribution in [0.4, 0.5) is 10.5 Å². The molecule has 0 bridgehead atoms. The first-order valence-corrected chi connectivity index (χ1v) is 8.73. The van der Waals surface area contributed by atoms with E-state index in [4.69, 9.17) is 23.2 Å². The highest BCUT2D eigenvalue weighted by molar-refractivity contribution is 9.10. The van der Waals surface area contributed by atoms with Crippen LogP contribution in [0.1, 0.15) is 5.56 Å². The van der Waals surface area contributed by atoms with Crippen molar-refractivity contribution in [2.75, 3.05) is 11.9 Å². The summed E-state index contributed by atoms with van der Waals surface area (Å²) in [5.41, 5.74) is 1.36. The Morgan fingerprint density at radius 3 is 2.21 bits per heavy atom. The molecule has 0 saturated carbocycles. The third-order valence-corrected chi connectivity index (χ3v) is 4.88. The molecule has 0 N–H and O–H groups in total. The van der Waals surface area contributed by atoms with Crippen molar-refractivity contribution in [3.05, 3.63) is 62.5 Å². The number of anilines is 1. The van der Waals surface area contributed by atoms with E-state index in [0.29, 0.717) is 22.2 Å². The highest BCUT2D eigenvalue weighted by Crippen LogP contribution is 2.30. The number of nitrogens with zero attached hydrogens (tertiary/aromatic N) is 2. The largest absolute Gasteiger partial charge is 0.331 e. The fraction of sp³-hybridized carbons (Fsp3) is 0.176. The van der Waals surface area contributed by atoms with Gasteiger partial charge in [0.2, 0.25) is 0 Å². The molecule has 1 aliphatic rings. The molecule has 1 unspecified atom stereocenters. The number of hydrogen-bond acceptors (Lipinski definition) is 2. The maximum absolute atomic E-state index is 12.8. The molecule has 0 radical (unpaired) electrons.